The van der Waals surface area contributed by atoms with Gasteiger partial charge in [-0.1, -0.05) is 12.1 Å². The fourth-order valence-electron chi connectivity index (χ4n) is 3.12. The summed E-state index contributed by atoms with van der Waals surface area (Å²) in [6.45, 7) is 3.23. The number of benzene rings is 2. The molecule has 1 aromatic heterocycles. The van der Waals surface area contributed by atoms with Crippen LogP contribution in [0.15, 0.2) is 54.9 Å². The second-order valence-electron chi connectivity index (χ2n) is 6.15. The van der Waals surface area contributed by atoms with E-state index in [-0.39, 0.29) is 18.1 Å². The second kappa shape index (κ2) is 6.66. The van der Waals surface area contributed by atoms with Gasteiger partial charge in [-0.25, -0.2) is 4.98 Å². The van der Waals surface area contributed by atoms with E-state index < -0.39 is 0 Å². The summed E-state index contributed by atoms with van der Waals surface area (Å²) >= 11 is 0. The van der Waals surface area contributed by atoms with E-state index in [1.807, 2.05) is 66.3 Å². The summed E-state index contributed by atoms with van der Waals surface area (Å²) < 4.78 is 7.55. The van der Waals surface area contributed by atoms with E-state index in [1.165, 1.54) is 0 Å². The lowest BCUT2D eigenvalue weighted by Gasteiger charge is -2.29. The average molecular weight is 336 g/mol. The summed E-state index contributed by atoms with van der Waals surface area (Å²) in [6.07, 6.45) is 1.67. The van der Waals surface area contributed by atoms with Crippen LogP contribution >= 0.6 is 0 Å². The van der Waals surface area contributed by atoms with Gasteiger partial charge in [0.1, 0.15) is 12.4 Å². The number of carbonyl (C=O) groups is 1. The smallest absolute Gasteiger partial charge is 0.244 e. The highest BCUT2D eigenvalue weighted by atomic mass is 16.5. The van der Waals surface area contributed by atoms with Gasteiger partial charge in [0, 0.05) is 17.9 Å². The van der Waals surface area contributed by atoms with Crippen LogP contribution in [-0.2, 0) is 9.53 Å². The first-order valence-corrected chi connectivity index (χ1v) is 8.41. The van der Waals surface area contributed by atoms with Gasteiger partial charge >= 0.3 is 0 Å². The molecule has 2 atom stereocenters. The molecule has 6 heteroatoms. The van der Waals surface area contributed by atoms with Crippen molar-refractivity contribution in [2.75, 3.05) is 18.5 Å². The van der Waals surface area contributed by atoms with Crippen LogP contribution in [0.4, 0.5) is 5.69 Å². The third-order valence-electron chi connectivity index (χ3n) is 4.47. The predicted molar refractivity (Wildman–Crippen MR) is 96.9 cm³/mol. The van der Waals surface area contributed by atoms with Crippen molar-refractivity contribution in [3.05, 3.63) is 54.9 Å². The Morgan fingerprint density at radius 3 is 2.84 bits per heavy atom. The van der Waals surface area contributed by atoms with E-state index in [2.05, 4.69) is 15.6 Å². The number of carbonyl (C=O) groups excluding carboxylic acids is 1. The van der Waals surface area contributed by atoms with Gasteiger partial charge in [0.15, 0.2) is 0 Å². The molecule has 1 aliphatic heterocycles. The minimum atomic E-state index is -0.328. The van der Waals surface area contributed by atoms with Crippen LogP contribution in [0.5, 0.6) is 0 Å². The Hall–Kier alpha value is -2.70. The molecule has 0 aliphatic carbocycles. The van der Waals surface area contributed by atoms with Crippen molar-refractivity contribution >= 4 is 22.6 Å². The van der Waals surface area contributed by atoms with Crippen molar-refractivity contribution in [3.63, 3.8) is 0 Å². The molecule has 0 unspecified atom stereocenters. The Morgan fingerprint density at radius 1 is 1.24 bits per heavy atom. The first-order chi connectivity index (χ1) is 12.2. The SMILES string of the molecule is C[C@H]1OCCN[C@@H]1C(=O)Nc1ccc(-n2cnc3ccccc32)cc1. The zero-order valence-corrected chi connectivity index (χ0v) is 14.0. The number of hydrogen-bond donors (Lipinski definition) is 2. The molecule has 4 rings (SSSR count). The predicted octanol–water partition coefficient (Wildman–Crippen LogP) is 2.34. The Balaban J connectivity index is 1.51. The van der Waals surface area contributed by atoms with Crippen LogP contribution in [0, 0.1) is 0 Å². The molecule has 1 saturated heterocycles. The molecule has 2 N–H and O–H groups in total. The number of aromatic nitrogens is 2. The van der Waals surface area contributed by atoms with E-state index in [0.717, 1.165) is 22.4 Å². The van der Waals surface area contributed by atoms with E-state index >= 15 is 0 Å². The number of para-hydroxylation sites is 2. The first kappa shape index (κ1) is 15.8. The molecule has 1 aliphatic rings. The zero-order valence-electron chi connectivity index (χ0n) is 14.0. The molecule has 6 nitrogen and oxygen atoms in total. The van der Waals surface area contributed by atoms with Crippen molar-refractivity contribution in [2.45, 2.75) is 19.1 Å². The highest BCUT2D eigenvalue weighted by Gasteiger charge is 2.28. The maximum absolute atomic E-state index is 12.4. The van der Waals surface area contributed by atoms with Crippen molar-refractivity contribution < 1.29 is 9.53 Å². The van der Waals surface area contributed by atoms with Gasteiger partial charge in [-0.2, -0.15) is 0 Å². The Morgan fingerprint density at radius 2 is 2.04 bits per heavy atom. The third kappa shape index (κ3) is 3.14. The highest BCUT2D eigenvalue weighted by molar-refractivity contribution is 5.95. The maximum atomic E-state index is 12.4. The molecule has 2 heterocycles. The van der Waals surface area contributed by atoms with E-state index in [9.17, 15) is 4.79 Å². The zero-order chi connectivity index (χ0) is 17.2. The molecule has 1 fully saturated rings. The molecule has 0 spiro atoms. The number of ether oxygens (including phenoxy) is 1. The lowest BCUT2D eigenvalue weighted by molar-refractivity contribution is -0.123. The average Bonchev–Trinajstić information content (AvgIpc) is 3.07. The van der Waals surface area contributed by atoms with Gasteiger partial charge in [-0.05, 0) is 43.3 Å². The number of rotatable bonds is 3. The van der Waals surface area contributed by atoms with Crippen LogP contribution in [0.3, 0.4) is 0 Å². The fraction of sp³-hybridized carbons (Fsp3) is 0.263. The van der Waals surface area contributed by atoms with Crippen molar-refractivity contribution in [3.8, 4) is 5.69 Å². The van der Waals surface area contributed by atoms with Crippen molar-refractivity contribution in [1.29, 1.82) is 0 Å². The molecule has 0 saturated carbocycles. The quantitative estimate of drug-likeness (QED) is 0.770. The molecule has 0 bridgehead atoms. The molecule has 128 valence electrons. The molecule has 0 radical (unpaired) electrons. The topological polar surface area (TPSA) is 68.2 Å². The van der Waals surface area contributed by atoms with Gasteiger partial charge in [0.25, 0.3) is 0 Å². The van der Waals surface area contributed by atoms with E-state index in [4.69, 9.17) is 4.74 Å². The molecular formula is C19H20N4O2. The first-order valence-electron chi connectivity index (χ1n) is 8.41. The highest BCUT2D eigenvalue weighted by Crippen LogP contribution is 2.20. The lowest BCUT2D eigenvalue weighted by atomic mass is 10.1. The van der Waals surface area contributed by atoms with Crippen LogP contribution in [0.25, 0.3) is 16.7 Å². The summed E-state index contributed by atoms with van der Waals surface area (Å²) in [5.74, 6) is -0.0759. The number of fused-ring (bicyclic) bond motifs is 1. The minimum Gasteiger partial charge on any atom is -0.375 e. The van der Waals surface area contributed by atoms with Crippen LogP contribution < -0.4 is 10.6 Å². The van der Waals surface area contributed by atoms with Crippen LogP contribution in [-0.4, -0.2) is 40.8 Å². The van der Waals surface area contributed by atoms with Crippen LogP contribution in [0.1, 0.15) is 6.92 Å². The van der Waals surface area contributed by atoms with Crippen LogP contribution in [0.2, 0.25) is 0 Å². The summed E-state index contributed by atoms with van der Waals surface area (Å²) in [6, 6.07) is 15.4. The molecule has 2 aromatic carbocycles. The Labute approximate surface area is 145 Å². The fourth-order valence-corrected chi connectivity index (χ4v) is 3.12. The van der Waals surface area contributed by atoms with Gasteiger partial charge in [0.05, 0.1) is 23.7 Å². The third-order valence-corrected chi connectivity index (χ3v) is 4.47. The Kier molecular flexibility index (Phi) is 4.21. The summed E-state index contributed by atoms with van der Waals surface area (Å²) in [5.41, 5.74) is 3.77. The van der Waals surface area contributed by atoms with Gasteiger partial charge in [0.2, 0.25) is 5.91 Å². The lowest BCUT2D eigenvalue weighted by Crippen LogP contribution is -2.53. The number of nitrogens with zero attached hydrogens (tertiary/aromatic N) is 2. The molecule has 3 aromatic rings. The van der Waals surface area contributed by atoms with Gasteiger partial charge in [-0.15, -0.1) is 0 Å². The molecular weight excluding hydrogens is 316 g/mol. The molecule has 25 heavy (non-hydrogen) atoms. The number of nitrogens with one attached hydrogen (secondary N) is 2. The molecule has 1 amide bonds. The number of imidazole rings is 1. The second-order valence-corrected chi connectivity index (χ2v) is 6.15. The van der Waals surface area contributed by atoms with E-state index in [1.54, 1.807) is 0 Å². The summed E-state index contributed by atoms with van der Waals surface area (Å²) in [5, 5.41) is 6.14. The number of amides is 1. The van der Waals surface area contributed by atoms with Crippen molar-refractivity contribution in [2.24, 2.45) is 0 Å². The Bertz CT molecular complexity index is 888. The number of morpholine rings is 1. The minimum absolute atomic E-state index is 0.0759. The standard InChI is InChI=1S/C19H20N4O2/c1-13-18(20-10-11-25-13)19(24)22-14-6-8-15(9-7-14)23-12-21-16-4-2-3-5-17(16)23/h2-9,12-13,18,20H,10-11H2,1H3,(H,22,24)/t13-,18+/m1/s1. The summed E-state index contributed by atoms with van der Waals surface area (Å²) in [7, 11) is 0. The normalized spacial score (nSPS) is 20.5. The maximum Gasteiger partial charge on any atom is 0.244 e. The number of hydrogen-bond acceptors (Lipinski definition) is 4. The van der Waals surface area contributed by atoms with Gasteiger partial charge in [-0.3, -0.25) is 9.36 Å². The largest absolute Gasteiger partial charge is 0.375 e. The number of anilines is 1. The monoisotopic (exact) mass is 336 g/mol. The van der Waals surface area contributed by atoms with Crippen molar-refractivity contribution in [1.82, 2.24) is 14.9 Å². The van der Waals surface area contributed by atoms with E-state index in [0.29, 0.717) is 13.2 Å². The van der Waals surface area contributed by atoms with Gasteiger partial charge < -0.3 is 15.4 Å². The summed E-state index contributed by atoms with van der Waals surface area (Å²) in [4.78, 5) is 16.8.